The van der Waals surface area contributed by atoms with E-state index in [0.717, 1.165) is 12.1 Å². The fraction of sp³-hybridized carbons (Fsp3) is 0.474. The Bertz CT molecular complexity index is 954. The molecule has 1 amide bonds. The smallest absolute Gasteiger partial charge is 0.399 e. The summed E-state index contributed by atoms with van der Waals surface area (Å²) in [7, 11) is 0. The van der Waals surface area contributed by atoms with Gasteiger partial charge in [-0.05, 0) is 30.7 Å². The van der Waals surface area contributed by atoms with Crippen molar-refractivity contribution in [2.45, 2.75) is 31.3 Å². The molecule has 31 heavy (non-hydrogen) atoms. The molecule has 1 saturated heterocycles. The van der Waals surface area contributed by atoms with Crippen LogP contribution in [0.3, 0.4) is 0 Å². The van der Waals surface area contributed by atoms with Gasteiger partial charge in [0.05, 0.1) is 18.8 Å². The normalized spacial score (nSPS) is 24.1. The highest BCUT2D eigenvalue weighted by atomic mass is 19.4. The number of rotatable bonds is 3. The minimum atomic E-state index is -4.50. The zero-order chi connectivity index (χ0) is 22.2. The standard InChI is InChI=1S/C19H22F3N7O2/c1-10(11-6-12(19(20,21)22)8-13(23)7-11)26-15-14-16(25-9-24-15)28-17(27-14)18(30)29-2-4-31-5-3-29/h6-10,14,16H,2-5,23H2,1H3,(H,27,28)(H,24,25,26)/t10-,14?,16?/m1/s1. The van der Waals surface area contributed by atoms with Crippen molar-refractivity contribution in [3.63, 3.8) is 0 Å². The second kappa shape index (κ2) is 8.17. The van der Waals surface area contributed by atoms with Crippen molar-refractivity contribution in [3.8, 4) is 0 Å². The third kappa shape index (κ3) is 4.48. The molecule has 12 heteroatoms. The summed E-state index contributed by atoms with van der Waals surface area (Å²) < 4.78 is 44.7. The summed E-state index contributed by atoms with van der Waals surface area (Å²) in [6.07, 6.45) is -3.76. The first-order chi connectivity index (χ1) is 14.7. The zero-order valence-electron chi connectivity index (χ0n) is 16.7. The molecule has 4 rings (SSSR count). The fourth-order valence-electron chi connectivity index (χ4n) is 3.59. The van der Waals surface area contributed by atoms with Gasteiger partial charge in [0.25, 0.3) is 5.91 Å². The number of carbonyl (C=O) groups is 1. The van der Waals surface area contributed by atoms with E-state index in [1.165, 1.54) is 12.4 Å². The molecule has 0 aliphatic carbocycles. The van der Waals surface area contributed by atoms with Gasteiger partial charge < -0.3 is 26.0 Å². The number of hydrogen-bond donors (Lipinski definition) is 3. The molecule has 3 atom stereocenters. The summed E-state index contributed by atoms with van der Waals surface area (Å²) in [6.45, 7) is 3.59. The summed E-state index contributed by atoms with van der Waals surface area (Å²) >= 11 is 0. The number of carbonyl (C=O) groups excluding carboxylic acids is 1. The molecular weight excluding hydrogens is 415 g/mol. The maximum atomic E-state index is 13.1. The van der Waals surface area contributed by atoms with E-state index in [-0.39, 0.29) is 17.4 Å². The Morgan fingerprint density at radius 1 is 1.32 bits per heavy atom. The van der Waals surface area contributed by atoms with Crippen LogP contribution in [0.4, 0.5) is 18.9 Å². The number of nitrogens with two attached hydrogens (primary N) is 1. The van der Waals surface area contributed by atoms with Gasteiger partial charge in [-0.15, -0.1) is 0 Å². The average Bonchev–Trinajstić information content (AvgIpc) is 3.18. The van der Waals surface area contributed by atoms with Crippen molar-refractivity contribution in [1.82, 2.24) is 15.5 Å². The Hall–Kier alpha value is -3.15. The predicted molar refractivity (Wildman–Crippen MR) is 109 cm³/mol. The molecule has 0 spiro atoms. The maximum absolute atomic E-state index is 13.1. The molecule has 1 aromatic carbocycles. The molecule has 1 aromatic rings. The molecule has 2 unspecified atom stereocenters. The molecule has 3 aliphatic rings. The van der Waals surface area contributed by atoms with Crippen LogP contribution in [-0.2, 0) is 15.7 Å². The number of nitrogens with zero attached hydrogens (tertiary/aromatic N) is 4. The van der Waals surface area contributed by atoms with Crippen molar-refractivity contribution < 1.29 is 22.7 Å². The van der Waals surface area contributed by atoms with Crippen molar-refractivity contribution in [1.29, 1.82) is 0 Å². The van der Waals surface area contributed by atoms with Crippen molar-refractivity contribution in [3.05, 3.63) is 29.3 Å². The van der Waals surface area contributed by atoms with E-state index in [4.69, 9.17) is 10.5 Å². The van der Waals surface area contributed by atoms with E-state index < -0.39 is 30.0 Å². The van der Waals surface area contributed by atoms with Gasteiger partial charge in [0.1, 0.15) is 18.2 Å². The average molecular weight is 437 g/mol. The number of aliphatic imine (C=N–C) groups is 3. The molecule has 3 aliphatic heterocycles. The predicted octanol–water partition coefficient (Wildman–Crippen LogP) is 0.934. The Morgan fingerprint density at radius 2 is 2.06 bits per heavy atom. The van der Waals surface area contributed by atoms with Gasteiger partial charge in [0, 0.05) is 24.8 Å². The maximum Gasteiger partial charge on any atom is 0.416 e. The SMILES string of the molecule is C[C@@H](NC1=NC=NC2N=C(C(=O)N3CCOCC3)NC12)c1cc(N)cc(C(F)(F)F)c1. The number of ether oxygens (including phenoxy) is 1. The third-order valence-corrected chi connectivity index (χ3v) is 5.23. The lowest BCUT2D eigenvalue weighted by molar-refractivity contribution is -0.137. The van der Waals surface area contributed by atoms with E-state index in [9.17, 15) is 18.0 Å². The second-order valence-electron chi connectivity index (χ2n) is 7.45. The lowest BCUT2D eigenvalue weighted by atomic mass is 10.0. The zero-order valence-corrected chi connectivity index (χ0v) is 16.7. The minimum Gasteiger partial charge on any atom is -0.399 e. The van der Waals surface area contributed by atoms with Crippen LogP contribution in [0.5, 0.6) is 0 Å². The largest absolute Gasteiger partial charge is 0.416 e. The molecule has 4 N–H and O–H groups in total. The van der Waals surface area contributed by atoms with Crippen LogP contribution in [-0.4, -0.2) is 67.3 Å². The Kier molecular flexibility index (Phi) is 5.56. The van der Waals surface area contributed by atoms with Crippen LogP contribution >= 0.6 is 0 Å². The molecule has 9 nitrogen and oxygen atoms in total. The number of nitrogens with one attached hydrogen (secondary N) is 2. The molecule has 0 aromatic heterocycles. The Balaban J connectivity index is 1.47. The van der Waals surface area contributed by atoms with Gasteiger partial charge in [-0.1, -0.05) is 0 Å². The van der Waals surface area contributed by atoms with Crippen LogP contribution in [0.15, 0.2) is 33.2 Å². The minimum absolute atomic E-state index is 0.0178. The summed E-state index contributed by atoms with van der Waals surface area (Å²) in [4.78, 5) is 27.1. The van der Waals surface area contributed by atoms with Crippen molar-refractivity contribution in [2.24, 2.45) is 15.0 Å². The summed E-state index contributed by atoms with van der Waals surface area (Å²) in [5.74, 6) is 0.365. The summed E-state index contributed by atoms with van der Waals surface area (Å²) in [6, 6.07) is 2.38. The van der Waals surface area contributed by atoms with Crippen LogP contribution in [0.1, 0.15) is 24.1 Å². The number of morpholine rings is 1. The van der Waals surface area contributed by atoms with Crippen molar-refractivity contribution in [2.75, 3.05) is 32.0 Å². The molecule has 3 heterocycles. The van der Waals surface area contributed by atoms with Crippen LogP contribution in [0, 0.1) is 0 Å². The van der Waals surface area contributed by atoms with Gasteiger partial charge in [-0.25, -0.2) is 15.0 Å². The number of amidine groups is 2. The molecule has 1 fully saturated rings. The second-order valence-corrected chi connectivity index (χ2v) is 7.45. The van der Waals surface area contributed by atoms with Gasteiger partial charge in [0.15, 0.2) is 12.0 Å². The number of alkyl halides is 3. The van der Waals surface area contributed by atoms with E-state index in [2.05, 4.69) is 25.6 Å². The molecule has 166 valence electrons. The number of benzene rings is 1. The highest BCUT2D eigenvalue weighted by molar-refractivity contribution is 6.39. The van der Waals surface area contributed by atoms with E-state index >= 15 is 0 Å². The number of hydrogen-bond acceptors (Lipinski definition) is 8. The van der Waals surface area contributed by atoms with E-state index in [1.807, 2.05) is 0 Å². The summed E-state index contributed by atoms with van der Waals surface area (Å²) in [5, 5.41) is 6.16. The highest BCUT2D eigenvalue weighted by Gasteiger charge is 2.38. The number of halogens is 3. The van der Waals surface area contributed by atoms with Crippen LogP contribution in [0.2, 0.25) is 0 Å². The quantitative estimate of drug-likeness (QED) is 0.609. The van der Waals surface area contributed by atoms with Crippen LogP contribution in [0.25, 0.3) is 0 Å². The lowest BCUT2D eigenvalue weighted by Crippen LogP contribution is -2.53. The van der Waals surface area contributed by atoms with Crippen molar-refractivity contribution >= 4 is 29.6 Å². The first-order valence-corrected chi connectivity index (χ1v) is 9.77. The molecular formula is C19H22F3N7O2. The number of nitrogen functional groups attached to an aromatic ring is 1. The van der Waals surface area contributed by atoms with E-state index in [1.54, 1.807) is 11.8 Å². The number of amides is 1. The first-order valence-electron chi connectivity index (χ1n) is 9.77. The van der Waals surface area contributed by atoms with Gasteiger partial charge in [0.2, 0.25) is 0 Å². The van der Waals surface area contributed by atoms with Gasteiger partial charge in [-0.2, -0.15) is 13.2 Å². The first kappa shape index (κ1) is 21.1. The number of fused-ring (bicyclic) bond motifs is 1. The highest BCUT2D eigenvalue weighted by Crippen LogP contribution is 2.32. The fourth-order valence-corrected chi connectivity index (χ4v) is 3.59. The summed E-state index contributed by atoms with van der Waals surface area (Å²) in [5.41, 5.74) is 5.23. The van der Waals surface area contributed by atoms with Gasteiger partial charge >= 0.3 is 6.18 Å². The Morgan fingerprint density at radius 3 is 2.77 bits per heavy atom. The lowest BCUT2D eigenvalue weighted by Gasteiger charge is -2.27. The monoisotopic (exact) mass is 437 g/mol. The van der Waals surface area contributed by atoms with E-state index in [0.29, 0.717) is 37.7 Å². The van der Waals surface area contributed by atoms with Gasteiger partial charge in [-0.3, -0.25) is 4.79 Å². The molecule has 0 bridgehead atoms. The third-order valence-electron chi connectivity index (χ3n) is 5.23. The van der Waals surface area contributed by atoms with Crippen LogP contribution < -0.4 is 16.4 Å². The number of anilines is 1. The Labute approximate surface area is 176 Å². The molecule has 0 radical (unpaired) electrons. The topological polar surface area (TPSA) is 117 Å². The molecule has 0 saturated carbocycles.